The Bertz CT molecular complexity index is 322. The van der Waals surface area contributed by atoms with Crippen LogP contribution in [0, 0.1) is 17.8 Å². The molecule has 0 spiro atoms. The quantitative estimate of drug-likeness (QED) is 0.668. The molecule has 1 nitrogen and oxygen atoms in total. The molecule has 2 aliphatic rings. The molecule has 0 aliphatic heterocycles. The number of hydrogen-bond acceptors (Lipinski definition) is 1. The van der Waals surface area contributed by atoms with E-state index in [-0.39, 0.29) is 0 Å². The Morgan fingerprint density at radius 2 is 2.12 bits per heavy atom. The SMILES string of the molecule is C=C1CCC(C(C)C)=C[C@@H]2[C@@H]1CC[C@@]2(C)O. The van der Waals surface area contributed by atoms with E-state index in [0.29, 0.717) is 17.8 Å². The van der Waals surface area contributed by atoms with Gasteiger partial charge in [0, 0.05) is 5.92 Å². The zero-order valence-electron chi connectivity index (χ0n) is 10.8. The van der Waals surface area contributed by atoms with Crippen LogP contribution in [-0.4, -0.2) is 10.7 Å². The highest BCUT2D eigenvalue weighted by Crippen LogP contribution is 2.48. The van der Waals surface area contributed by atoms with Crippen LogP contribution in [0.2, 0.25) is 0 Å². The van der Waals surface area contributed by atoms with Crippen molar-refractivity contribution in [3.8, 4) is 0 Å². The van der Waals surface area contributed by atoms with E-state index in [4.69, 9.17) is 0 Å². The summed E-state index contributed by atoms with van der Waals surface area (Å²) in [6.07, 6.45) is 6.64. The Balaban J connectivity index is 2.33. The molecule has 2 aliphatic carbocycles. The molecule has 90 valence electrons. The zero-order valence-corrected chi connectivity index (χ0v) is 10.8. The standard InChI is InChI=1S/C15H24O/c1-10(2)12-6-5-11(3)13-7-8-15(4,16)14(13)9-12/h9-10,13-14,16H,3,5-8H2,1-2,4H3/t13-,14-,15-/m1/s1. The molecule has 0 aromatic heterocycles. The molecule has 1 heteroatoms. The van der Waals surface area contributed by atoms with Crippen molar-refractivity contribution < 1.29 is 5.11 Å². The van der Waals surface area contributed by atoms with Gasteiger partial charge in [0.25, 0.3) is 0 Å². The van der Waals surface area contributed by atoms with Gasteiger partial charge in [0.1, 0.15) is 0 Å². The molecule has 0 radical (unpaired) electrons. The van der Waals surface area contributed by atoms with Gasteiger partial charge in [-0.2, -0.15) is 0 Å². The first-order valence-corrected chi connectivity index (χ1v) is 6.52. The van der Waals surface area contributed by atoms with Crippen LogP contribution in [0.1, 0.15) is 46.5 Å². The van der Waals surface area contributed by atoms with E-state index in [9.17, 15) is 5.11 Å². The molecular weight excluding hydrogens is 196 g/mol. The van der Waals surface area contributed by atoms with E-state index in [1.54, 1.807) is 0 Å². The van der Waals surface area contributed by atoms with Gasteiger partial charge < -0.3 is 5.11 Å². The largest absolute Gasteiger partial charge is 0.390 e. The van der Waals surface area contributed by atoms with E-state index < -0.39 is 5.60 Å². The van der Waals surface area contributed by atoms with E-state index in [2.05, 4.69) is 26.5 Å². The summed E-state index contributed by atoms with van der Waals surface area (Å²) < 4.78 is 0. The fourth-order valence-electron chi connectivity index (χ4n) is 3.27. The third-order valence-electron chi connectivity index (χ3n) is 4.51. The van der Waals surface area contributed by atoms with Crippen LogP contribution >= 0.6 is 0 Å². The van der Waals surface area contributed by atoms with Crippen LogP contribution < -0.4 is 0 Å². The lowest BCUT2D eigenvalue weighted by atomic mass is 9.83. The summed E-state index contributed by atoms with van der Waals surface area (Å²) in [4.78, 5) is 0. The van der Waals surface area contributed by atoms with Crippen molar-refractivity contribution in [1.82, 2.24) is 0 Å². The number of aliphatic hydroxyl groups is 1. The molecule has 0 aromatic rings. The number of allylic oxidation sites excluding steroid dienone is 2. The van der Waals surface area contributed by atoms with Crippen molar-refractivity contribution in [2.75, 3.05) is 0 Å². The maximum absolute atomic E-state index is 10.4. The number of rotatable bonds is 1. The van der Waals surface area contributed by atoms with E-state index in [0.717, 1.165) is 25.7 Å². The van der Waals surface area contributed by atoms with Crippen LogP contribution in [0.15, 0.2) is 23.8 Å². The molecule has 1 saturated carbocycles. The molecule has 16 heavy (non-hydrogen) atoms. The summed E-state index contributed by atoms with van der Waals surface area (Å²) in [5, 5.41) is 10.4. The van der Waals surface area contributed by atoms with Crippen molar-refractivity contribution in [3.63, 3.8) is 0 Å². The second-order valence-electron chi connectivity index (χ2n) is 6.08. The van der Waals surface area contributed by atoms with Crippen molar-refractivity contribution in [1.29, 1.82) is 0 Å². The Labute approximate surface area is 99.3 Å². The minimum absolute atomic E-state index is 0.305. The fraction of sp³-hybridized carbons (Fsp3) is 0.733. The monoisotopic (exact) mass is 220 g/mol. The summed E-state index contributed by atoms with van der Waals surface area (Å²) in [6.45, 7) is 10.7. The van der Waals surface area contributed by atoms with Gasteiger partial charge in [0.15, 0.2) is 0 Å². The van der Waals surface area contributed by atoms with Crippen LogP contribution in [0.5, 0.6) is 0 Å². The molecule has 0 aromatic carbocycles. The maximum Gasteiger partial charge on any atom is 0.0688 e. The minimum Gasteiger partial charge on any atom is -0.390 e. The van der Waals surface area contributed by atoms with Crippen molar-refractivity contribution >= 4 is 0 Å². The van der Waals surface area contributed by atoms with Gasteiger partial charge in [-0.1, -0.05) is 37.6 Å². The average Bonchev–Trinajstić information content (AvgIpc) is 2.38. The molecule has 0 bridgehead atoms. The first-order valence-electron chi connectivity index (χ1n) is 6.52. The average molecular weight is 220 g/mol. The molecule has 0 saturated heterocycles. The molecule has 0 unspecified atom stereocenters. The van der Waals surface area contributed by atoms with E-state index >= 15 is 0 Å². The summed E-state index contributed by atoms with van der Waals surface area (Å²) in [7, 11) is 0. The Morgan fingerprint density at radius 1 is 1.44 bits per heavy atom. The van der Waals surface area contributed by atoms with Gasteiger partial charge in [0.05, 0.1) is 5.60 Å². The molecule has 1 fully saturated rings. The number of fused-ring (bicyclic) bond motifs is 1. The lowest BCUT2D eigenvalue weighted by molar-refractivity contribution is 0.0330. The highest BCUT2D eigenvalue weighted by molar-refractivity contribution is 5.24. The van der Waals surface area contributed by atoms with Crippen LogP contribution in [-0.2, 0) is 0 Å². The van der Waals surface area contributed by atoms with Gasteiger partial charge >= 0.3 is 0 Å². The summed E-state index contributed by atoms with van der Waals surface area (Å²) >= 11 is 0. The topological polar surface area (TPSA) is 20.2 Å². The smallest absolute Gasteiger partial charge is 0.0688 e. The van der Waals surface area contributed by atoms with Gasteiger partial charge in [-0.3, -0.25) is 0 Å². The summed E-state index contributed by atoms with van der Waals surface area (Å²) in [5.74, 6) is 1.43. The fourth-order valence-corrected chi connectivity index (χ4v) is 3.27. The van der Waals surface area contributed by atoms with Gasteiger partial charge in [-0.25, -0.2) is 0 Å². The van der Waals surface area contributed by atoms with Crippen LogP contribution in [0.3, 0.4) is 0 Å². The lowest BCUT2D eigenvalue weighted by Gasteiger charge is -2.27. The zero-order chi connectivity index (χ0) is 11.9. The Hall–Kier alpha value is -0.560. The summed E-state index contributed by atoms with van der Waals surface area (Å²) in [5.41, 5.74) is 2.35. The third kappa shape index (κ3) is 1.98. The van der Waals surface area contributed by atoms with Crippen molar-refractivity contribution in [2.45, 2.75) is 52.1 Å². The molecule has 3 atom stereocenters. The molecule has 0 heterocycles. The van der Waals surface area contributed by atoms with Crippen molar-refractivity contribution in [3.05, 3.63) is 23.8 Å². The first kappa shape index (κ1) is 11.9. The molecule has 1 N–H and O–H groups in total. The third-order valence-corrected chi connectivity index (χ3v) is 4.51. The second kappa shape index (κ2) is 4.03. The maximum atomic E-state index is 10.4. The lowest BCUT2D eigenvalue weighted by Crippen LogP contribution is -2.30. The molecular formula is C15H24O. The van der Waals surface area contributed by atoms with Crippen molar-refractivity contribution in [2.24, 2.45) is 17.8 Å². The number of hydrogen-bond donors (Lipinski definition) is 1. The van der Waals surface area contributed by atoms with Crippen LogP contribution in [0.25, 0.3) is 0 Å². The van der Waals surface area contributed by atoms with E-state index in [1.165, 1.54) is 11.1 Å². The van der Waals surface area contributed by atoms with E-state index in [1.807, 2.05) is 6.92 Å². The van der Waals surface area contributed by atoms with Gasteiger partial charge in [0.2, 0.25) is 0 Å². The van der Waals surface area contributed by atoms with Gasteiger partial charge in [-0.15, -0.1) is 0 Å². The second-order valence-corrected chi connectivity index (χ2v) is 6.08. The normalized spacial score (nSPS) is 39.6. The first-order chi connectivity index (χ1) is 7.42. The Morgan fingerprint density at radius 3 is 2.75 bits per heavy atom. The molecule has 2 rings (SSSR count). The molecule has 0 amide bonds. The van der Waals surface area contributed by atoms with Gasteiger partial charge in [-0.05, 0) is 44.4 Å². The Kier molecular flexibility index (Phi) is 3.00. The predicted molar refractivity (Wildman–Crippen MR) is 68.1 cm³/mol. The highest BCUT2D eigenvalue weighted by atomic mass is 16.3. The highest BCUT2D eigenvalue weighted by Gasteiger charge is 2.44. The van der Waals surface area contributed by atoms with Crippen LogP contribution in [0.4, 0.5) is 0 Å². The summed E-state index contributed by atoms with van der Waals surface area (Å²) in [6, 6.07) is 0. The predicted octanol–water partition coefficient (Wildman–Crippen LogP) is 3.70. The minimum atomic E-state index is -0.516.